The lowest BCUT2D eigenvalue weighted by Crippen LogP contribution is -2.33. The Morgan fingerprint density at radius 2 is 1.92 bits per heavy atom. The molecule has 0 fully saturated rings. The van der Waals surface area contributed by atoms with Gasteiger partial charge in [-0.2, -0.15) is 0 Å². The molecule has 0 radical (unpaired) electrons. The molecule has 1 aromatic heterocycles. The van der Waals surface area contributed by atoms with Crippen LogP contribution in [0.3, 0.4) is 0 Å². The molecule has 2 aromatic carbocycles. The lowest BCUT2D eigenvalue weighted by molar-refractivity contribution is 0.360. The lowest BCUT2D eigenvalue weighted by Gasteiger charge is -2.25. The van der Waals surface area contributed by atoms with Crippen molar-refractivity contribution < 1.29 is 9.15 Å². The Kier molecular flexibility index (Phi) is 6.30. The van der Waals surface area contributed by atoms with Crippen molar-refractivity contribution >= 4 is 38.9 Å². The summed E-state index contributed by atoms with van der Waals surface area (Å²) in [6.07, 6.45) is 1.67. The number of ether oxygens (including phenoxy) is 1. The van der Waals surface area contributed by atoms with E-state index in [1.807, 2.05) is 48.5 Å². The summed E-state index contributed by atoms with van der Waals surface area (Å²) in [5.74, 6) is 1.64. The van der Waals surface area contributed by atoms with Crippen molar-refractivity contribution in [1.82, 2.24) is 4.90 Å². The fourth-order valence-electron chi connectivity index (χ4n) is 2.50. The maximum absolute atomic E-state index is 5.66. The van der Waals surface area contributed by atoms with E-state index in [1.165, 1.54) is 0 Å². The predicted octanol–water partition coefficient (Wildman–Crippen LogP) is 5.45. The van der Waals surface area contributed by atoms with Gasteiger partial charge in [-0.1, -0.05) is 34.1 Å². The van der Waals surface area contributed by atoms with E-state index in [-0.39, 0.29) is 0 Å². The van der Waals surface area contributed by atoms with Gasteiger partial charge in [0, 0.05) is 22.8 Å². The molecule has 134 valence electrons. The van der Waals surface area contributed by atoms with Gasteiger partial charge in [-0.15, -0.1) is 0 Å². The van der Waals surface area contributed by atoms with E-state index in [0.717, 1.165) is 27.2 Å². The Balaban J connectivity index is 1.76. The van der Waals surface area contributed by atoms with Crippen LogP contribution in [0, 0.1) is 0 Å². The molecule has 0 spiro atoms. The fraction of sp³-hybridized carbons (Fsp3) is 0.150. The molecule has 1 heterocycles. The lowest BCUT2D eigenvalue weighted by atomic mass is 10.2. The Hall–Kier alpha value is -2.31. The van der Waals surface area contributed by atoms with E-state index in [0.29, 0.717) is 18.2 Å². The molecule has 0 aliphatic heterocycles. The number of benzene rings is 2. The molecule has 3 rings (SSSR count). The first-order chi connectivity index (χ1) is 12.6. The number of nitrogens with one attached hydrogen (secondary N) is 1. The molecule has 6 heteroatoms. The molecule has 1 N–H and O–H groups in total. The summed E-state index contributed by atoms with van der Waals surface area (Å²) in [4.78, 5) is 2.07. The van der Waals surface area contributed by atoms with Crippen LogP contribution in [0.4, 0.5) is 5.69 Å². The van der Waals surface area contributed by atoms with Crippen LogP contribution in [0.5, 0.6) is 5.75 Å². The molecule has 0 bridgehead atoms. The van der Waals surface area contributed by atoms with Crippen molar-refractivity contribution in [2.24, 2.45) is 0 Å². The zero-order valence-corrected chi connectivity index (χ0v) is 16.7. The minimum absolute atomic E-state index is 0.582. The van der Waals surface area contributed by atoms with Crippen LogP contribution in [0.15, 0.2) is 75.8 Å². The number of nitrogens with zero attached hydrogens (tertiary/aromatic N) is 1. The van der Waals surface area contributed by atoms with Crippen molar-refractivity contribution in [2.45, 2.75) is 13.1 Å². The molecule has 0 aliphatic rings. The third kappa shape index (κ3) is 5.09. The second-order valence-electron chi connectivity index (χ2n) is 5.72. The van der Waals surface area contributed by atoms with Gasteiger partial charge in [0.2, 0.25) is 0 Å². The average molecular weight is 431 g/mol. The fourth-order valence-corrected chi connectivity index (χ4v) is 3.02. The van der Waals surface area contributed by atoms with E-state index >= 15 is 0 Å². The van der Waals surface area contributed by atoms with Gasteiger partial charge >= 0.3 is 0 Å². The number of thiocarbonyl (C=S) groups is 1. The summed E-state index contributed by atoms with van der Waals surface area (Å²) < 4.78 is 11.8. The SMILES string of the molecule is COc1cccc(NC(=S)N(Cc2ccc(Br)cc2)Cc2ccco2)c1. The first-order valence-corrected chi connectivity index (χ1v) is 9.31. The van der Waals surface area contributed by atoms with Gasteiger partial charge in [0.05, 0.1) is 19.9 Å². The Morgan fingerprint density at radius 3 is 2.62 bits per heavy atom. The van der Waals surface area contributed by atoms with Crippen LogP contribution in [-0.2, 0) is 13.1 Å². The number of methoxy groups -OCH3 is 1. The van der Waals surface area contributed by atoms with Crippen LogP contribution in [-0.4, -0.2) is 17.1 Å². The molecular formula is C20H19BrN2O2S. The van der Waals surface area contributed by atoms with Gasteiger partial charge in [-0.3, -0.25) is 0 Å². The standard InChI is InChI=1S/C20H19BrN2O2S/c1-24-18-5-2-4-17(12-18)22-20(26)23(14-19-6-3-11-25-19)13-15-7-9-16(21)10-8-15/h2-12H,13-14H2,1H3,(H,22,26). The molecule has 0 aliphatic carbocycles. The van der Waals surface area contributed by atoms with Gasteiger partial charge in [0.25, 0.3) is 0 Å². The van der Waals surface area contributed by atoms with E-state index in [4.69, 9.17) is 21.4 Å². The minimum atomic E-state index is 0.582. The first-order valence-electron chi connectivity index (χ1n) is 8.11. The van der Waals surface area contributed by atoms with Gasteiger partial charge in [0.15, 0.2) is 5.11 Å². The van der Waals surface area contributed by atoms with Gasteiger partial charge in [-0.25, -0.2) is 0 Å². The third-order valence-corrected chi connectivity index (χ3v) is 4.71. The van der Waals surface area contributed by atoms with Gasteiger partial charge < -0.3 is 19.4 Å². The highest BCUT2D eigenvalue weighted by atomic mass is 79.9. The van der Waals surface area contributed by atoms with E-state index in [9.17, 15) is 0 Å². The highest BCUT2D eigenvalue weighted by Gasteiger charge is 2.13. The summed E-state index contributed by atoms with van der Waals surface area (Å²) in [7, 11) is 1.65. The van der Waals surface area contributed by atoms with Crippen LogP contribution < -0.4 is 10.1 Å². The monoisotopic (exact) mass is 430 g/mol. The Bertz CT molecular complexity index is 851. The van der Waals surface area contributed by atoms with Gasteiger partial charge in [-0.05, 0) is 54.2 Å². The number of hydrogen-bond donors (Lipinski definition) is 1. The van der Waals surface area contributed by atoms with Crippen LogP contribution >= 0.6 is 28.1 Å². The van der Waals surface area contributed by atoms with Crippen LogP contribution in [0.2, 0.25) is 0 Å². The Labute approximate surface area is 166 Å². The second-order valence-corrected chi connectivity index (χ2v) is 7.03. The molecule has 3 aromatic rings. The summed E-state index contributed by atoms with van der Waals surface area (Å²) in [5.41, 5.74) is 2.05. The van der Waals surface area contributed by atoms with E-state index < -0.39 is 0 Å². The summed E-state index contributed by atoms with van der Waals surface area (Å²) in [5, 5.41) is 3.91. The number of anilines is 1. The highest BCUT2D eigenvalue weighted by Crippen LogP contribution is 2.19. The van der Waals surface area contributed by atoms with Crippen molar-refractivity contribution in [3.8, 4) is 5.75 Å². The topological polar surface area (TPSA) is 37.6 Å². The molecule has 0 saturated heterocycles. The number of furan rings is 1. The maximum Gasteiger partial charge on any atom is 0.174 e. The molecule has 0 saturated carbocycles. The minimum Gasteiger partial charge on any atom is -0.497 e. The summed E-state index contributed by atoms with van der Waals surface area (Å²) in [6.45, 7) is 1.25. The van der Waals surface area contributed by atoms with Crippen LogP contribution in [0.1, 0.15) is 11.3 Å². The maximum atomic E-state index is 5.66. The zero-order chi connectivity index (χ0) is 18.4. The van der Waals surface area contributed by atoms with Crippen LogP contribution in [0.25, 0.3) is 0 Å². The molecule has 0 atom stereocenters. The molecule has 4 nitrogen and oxygen atoms in total. The predicted molar refractivity (Wildman–Crippen MR) is 111 cm³/mol. The third-order valence-electron chi connectivity index (χ3n) is 3.82. The second kappa shape index (κ2) is 8.87. The smallest absolute Gasteiger partial charge is 0.174 e. The normalized spacial score (nSPS) is 10.4. The Morgan fingerprint density at radius 1 is 1.12 bits per heavy atom. The first kappa shape index (κ1) is 18.5. The molecule has 0 amide bonds. The zero-order valence-electron chi connectivity index (χ0n) is 14.3. The van der Waals surface area contributed by atoms with Crippen molar-refractivity contribution in [3.05, 3.63) is 82.7 Å². The average Bonchev–Trinajstić information content (AvgIpc) is 3.16. The largest absolute Gasteiger partial charge is 0.497 e. The van der Waals surface area contributed by atoms with Crippen molar-refractivity contribution in [3.63, 3.8) is 0 Å². The van der Waals surface area contributed by atoms with Crippen molar-refractivity contribution in [1.29, 1.82) is 0 Å². The van der Waals surface area contributed by atoms with Gasteiger partial charge in [0.1, 0.15) is 11.5 Å². The summed E-state index contributed by atoms with van der Waals surface area (Å²) >= 11 is 9.13. The van der Waals surface area contributed by atoms with E-state index in [1.54, 1.807) is 13.4 Å². The number of rotatable bonds is 6. The highest BCUT2D eigenvalue weighted by molar-refractivity contribution is 9.10. The quantitative estimate of drug-likeness (QED) is 0.526. The van der Waals surface area contributed by atoms with E-state index in [2.05, 4.69) is 38.3 Å². The molecule has 0 unspecified atom stereocenters. The van der Waals surface area contributed by atoms with Crippen molar-refractivity contribution in [2.75, 3.05) is 12.4 Å². The molecular weight excluding hydrogens is 412 g/mol. The summed E-state index contributed by atoms with van der Waals surface area (Å²) in [6, 6.07) is 19.7. The molecule has 26 heavy (non-hydrogen) atoms. The number of hydrogen-bond acceptors (Lipinski definition) is 3. The number of halogens is 1.